The van der Waals surface area contributed by atoms with E-state index in [-0.39, 0.29) is 76.9 Å². The molecule has 4 aromatic rings. The van der Waals surface area contributed by atoms with Gasteiger partial charge in [0.1, 0.15) is 11.4 Å². The lowest BCUT2D eigenvalue weighted by Gasteiger charge is -2.10. The Morgan fingerprint density at radius 1 is 0.907 bits per heavy atom. The summed E-state index contributed by atoms with van der Waals surface area (Å²) in [5.41, 5.74) is 2.66. The van der Waals surface area contributed by atoms with Gasteiger partial charge in [0.15, 0.2) is 17.3 Å². The lowest BCUT2D eigenvalue weighted by Crippen LogP contribution is -2.21. The first kappa shape index (κ1) is 30.2. The Labute approximate surface area is 245 Å². The lowest BCUT2D eigenvalue weighted by molar-refractivity contribution is -0.383. The monoisotopic (exact) mass is 584 g/mol. The van der Waals surface area contributed by atoms with Crippen molar-refractivity contribution in [2.45, 2.75) is 25.7 Å². The van der Waals surface area contributed by atoms with E-state index in [9.17, 15) is 34.7 Å². The average molecular weight is 585 g/mol. The SMILES string of the molecule is COc1cc(C(=O)C/C(CCCC(=O)Nc2ccccc2[N+](=O)[O-])=N/NC(=O)c2cc3ccccc3cc2O)ccc1O. The Bertz CT molecular complexity index is 1730. The Balaban J connectivity index is 1.49. The van der Waals surface area contributed by atoms with E-state index in [2.05, 4.69) is 15.8 Å². The van der Waals surface area contributed by atoms with E-state index in [1.54, 1.807) is 30.3 Å². The van der Waals surface area contributed by atoms with E-state index in [4.69, 9.17) is 4.74 Å². The number of rotatable bonds is 12. The number of carbonyl (C=O) groups excluding carboxylic acids is 3. The molecule has 220 valence electrons. The summed E-state index contributed by atoms with van der Waals surface area (Å²) in [4.78, 5) is 49.2. The molecule has 4 rings (SSSR count). The normalized spacial score (nSPS) is 11.1. The maximum absolute atomic E-state index is 13.1. The van der Waals surface area contributed by atoms with Gasteiger partial charge in [0.2, 0.25) is 5.91 Å². The molecular formula is C31H28N4O8. The first-order valence-electron chi connectivity index (χ1n) is 13.2. The van der Waals surface area contributed by atoms with Crippen molar-refractivity contribution < 1.29 is 34.3 Å². The smallest absolute Gasteiger partial charge is 0.292 e. The molecule has 0 saturated carbocycles. The molecular weight excluding hydrogens is 556 g/mol. The molecule has 0 saturated heterocycles. The van der Waals surface area contributed by atoms with Crippen molar-refractivity contribution in [1.29, 1.82) is 0 Å². The number of aromatic hydroxyl groups is 2. The van der Waals surface area contributed by atoms with E-state index in [1.165, 1.54) is 55.6 Å². The maximum Gasteiger partial charge on any atom is 0.292 e. The van der Waals surface area contributed by atoms with Gasteiger partial charge < -0.3 is 20.3 Å². The van der Waals surface area contributed by atoms with Crippen LogP contribution in [-0.2, 0) is 4.79 Å². The van der Waals surface area contributed by atoms with Gasteiger partial charge in [-0.25, -0.2) is 5.43 Å². The van der Waals surface area contributed by atoms with Crippen LogP contribution in [-0.4, -0.2) is 45.6 Å². The van der Waals surface area contributed by atoms with Crippen LogP contribution in [0.15, 0.2) is 84.0 Å². The highest BCUT2D eigenvalue weighted by Crippen LogP contribution is 2.28. The van der Waals surface area contributed by atoms with Gasteiger partial charge in [0, 0.05) is 23.8 Å². The third-order valence-electron chi connectivity index (χ3n) is 6.53. The number of nitrogens with zero attached hydrogens (tertiary/aromatic N) is 2. The zero-order chi connectivity index (χ0) is 30.9. The summed E-state index contributed by atoms with van der Waals surface area (Å²) in [6, 6.07) is 20.0. The minimum Gasteiger partial charge on any atom is -0.507 e. The molecule has 4 aromatic carbocycles. The molecule has 0 unspecified atom stereocenters. The Morgan fingerprint density at radius 2 is 1.60 bits per heavy atom. The Hall–Kier alpha value is -5.78. The Morgan fingerprint density at radius 3 is 2.33 bits per heavy atom. The second kappa shape index (κ2) is 13.7. The van der Waals surface area contributed by atoms with Crippen LogP contribution in [0.3, 0.4) is 0 Å². The third kappa shape index (κ3) is 7.70. The topological polar surface area (TPSA) is 180 Å². The van der Waals surface area contributed by atoms with Crippen molar-refractivity contribution in [2.75, 3.05) is 12.4 Å². The largest absolute Gasteiger partial charge is 0.507 e. The number of ketones is 1. The van der Waals surface area contributed by atoms with Gasteiger partial charge in [-0.2, -0.15) is 5.10 Å². The van der Waals surface area contributed by atoms with Gasteiger partial charge in [-0.15, -0.1) is 0 Å². The molecule has 0 aliphatic heterocycles. The number of nitro benzene ring substituents is 1. The number of fused-ring (bicyclic) bond motifs is 1. The summed E-state index contributed by atoms with van der Waals surface area (Å²) in [6.07, 6.45) is 0.0409. The summed E-state index contributed by atoms with van der Waals surface area (Å²) >= 11 is 0. The minimum absolute atomic E-state index is 0.0137. The quantitative estimate of drug-likeness (QED) is 0.0745. The summed E-state index contributed by atoms with van der Waals surface area (Å²) < 4.78 is 5.07. The molecule has 12 heteroatoms. The number of Topliss-reactive ketones (excluding diaryl/α,β-unsaturated/α-hetero) is 1. The number of phenolic OH excluding ortho intramolecular Hbond substituents is 2. The van der Waals surface area contributed by atoms with Crippen LogP contribution in [0.1, 0.15) is 46.4 Å². The third-order valence-corrected chi connectivity index (χ3v) is 6.53. The van der Waals surface area contributed by atoms with Crippen molar-refractivity contribution in [1.82, 2.24) is 5.43 Å². The highest BCUT2D eigenvalue weighted by molar-refractivity contribution is 6.10. The van der Waals surface area contributed by atoms with Gasteiger partial charge in [-0.3, -0.25) is 24.5 Å². The van der Waals surface area contributed by atoms with Gasteiger partial charge in [0.25, 0.3) is 11.6 Å². The number of methoxy groups -OCH3 is 1. The molecule has 0 spiro atoms. The van der Waals surface area contributed by atoms with E-state index >= 15 is 0 Å². The number of anilines is 1. The fraction of sp³-hybridized carbons (Fsp3) is 0.161. The number of para-hydroxylation sites is 2. The molecule has 0 radical (unpaired) electrons. The molecule has 0 aliphatic rings. The molecule has 2 amide bonds. The zero-order valence-corrected chi connectivity index (χ0v) is 23.1. The van der Waals surface area contributed by atoms with Crippen molar-refractivity contribution in [3.63, 3.8) is 0 Å². The second-order valence-electron chi connectivity index (χ2n) is 9.50. The number of hydrazone groups is 1. The number of benzene rings is 4. The van der Waals surface area contributed by atoms with Crippen LogP contribution < -0.4 is 15.5 Å². The van der Waals surface area contributed by atoms with Crippen molar-refractivity contribution in [3.8, 4) is 17.2 Å². The summed E-state index contributed by atoms with van der Waals surface area (Å²) in [5.74, 6) is -1.84. The molecule has 43 heavy (non-hydrogen) atoms. The van der Waals surface area contributed by atoms with Gasteiger partial charge in [-0.1, -0.05) is 36.4 Å². The van der Waals surface area contributed by atoms with Gasteiger partial charge in [-0.05, 0) is 60.0 Å². The number of nitrogens with one attached hydrogen (secondary N) is 2. The van der Waals surface area contributed by atoms with E-state index in [0.717, 1.165) is 10.8 Å². The molecule has 12 nitrogen and oxygen atoms in total. The number of hydrogen-bond donors (Lipinski definition) is 4. The zero-order valence-electron chi connectivity index (χ0n) is 23.1. The number of nitro groups is 1. The van der Waals surface area contributed by atoms with Crippen LogP contribution in [0.25, 0.3) is 10.8 Å². The first-order chi connectivity index (χ1) is 20.7. The van der Waals surface area contributed by atoms with E-state index in [0.29, 0.717) is 0 Å². The van der Waals surface area contributed by atoms with Gasteiger partial charge >= 0.3 is 0 Å². The van der Waals surface area contributed by atoms with Crippen LogP contribution >= 0.6 is 0 Å². The number of carbonyl (C=O) groups is 3. The van der Waals surface area contributed by atoms with Gasteiger partial charge in [0.05, 0.1) is 24.0 Å². The Kier molecular flexibility index (Phi) is 9.63. The summed E-state index contributed by atoms with van der Waals surface area (Å²) in [6.45, 7) is 0. The summed E-state index contributed by atoms with van der Waals surface area (Å²) in [5, 5.41) is 39.6. The highest BCUT2D eigenvalue weighted by atomic mass is 16.6. The van der Waals surface area contributed by atoms with E-state index in [1.807, 2.05) is 0 Å². The fourth-order valence-corrected chi connectivity index (χ4v) is 4.33. The number of amides is 2. The standard InChI is InChI=1S/C31H28N4O8/c1-43-29-17-21(13-14-26(29)36)27(37)18-22(9-6-12-30(39)32-24-10-4-5-11-25(24)35(41)42)33-34-31(40)23-15-19-7-2-3-8-20(19)16-28(23)38/h2-5,7-8,10-11,13-17,36,38H,6,9,12,18H2,1H3,(H,32,39)(H,34,40)/b33-22+. The molecule has 0 aliphatic carbocycles. The van der Waals surface area contributed by atoms with Crippen LogP contribution in [0, 0.1) is 10.1 Å². The number of ether oxygens (including phenoxy) is 1. The van der Waals surface area contributed by atoms with Crippen molar-refractivity contribution in [2.24, 2.45) is 5.10 Å². The van der Waals surface area contributed by atoms with Crippen molar-refractivity contribution in [3.05, 3.63) is 100 Å². The minimum atomic E-state index is -0.700. The number of phenols is 2. The molecule has 0 aromatic heterocycles. The molecule has 4 N–H and O–H groups in total. The van der Waals surface area contributed by atoms with E-state index < -0.39 is 16.7 Å². The predicted molar refractivity (Wildman–Crippen MR) is 160 cm³/mol. The molecule has 0 bridgehead atoms. The average Bonchev–Trinajstić information content (AvgIpc) is 2.99. The highest BCUT2D eigenvalue weighted by Gasteiger charge is 2.18. The maximum atomic E-state index is 13.1. The van der Waals surface area contributed by atoms with Crippen LogP contribution in [0.5, 0.6) is 17.2 Å². The first-order valence-corrected chi connectivity index (χ1v) is 13.2. The lowest BCUT2D eigenvalue weighted by atomic mass is 10.0. The van der Waals surface area contributed by atoms with Crippen LogP contribution in [0.4, 0.5) is 11.4 Å². The second-order valence-corrected chi connectivity index (χ2v) is 9.50. The fourth-order valence-electron chi connectivity index (χ4n) is 4.33. The van der Waals surface area contributed by atoms with Crippen molar-refractivity contribution >= 4 is 45.5 Å². The molecule has 0 fully saturated rings. The van der Waals surface area contributed by atoms with Crippen LogP contribution in [0.2, 0.25) is 0 Å². The number of hydrogen-bond acceptors (Lipinski definition) is 9. The predicted octanol–water partition coefficient (Wildman–Crippen LogP) is 5.34. The summed E-state index contributed by atoms with van der Waals surface area (Å²) in [7, 11) is 1.35. The molecule has 0 atom stereocenters. The molecule has 0 heterocycles.